The Morgan fingerprint density at radius 2 is 1.74 bits per heavy atom. The van der Waals surface area contributed by atoms with Crippen molar-refractivity contribution in [2.75, 3.05) is 33.2 Å². The predicted molar refractivity (Wildman–Crippen MR) is 91.8 cm³/mol. The molecule has 1 aliphatic heterocycles. The van der Waals surface area contributed by atoms with Crippen LogP contribution >= 0.6 is 0 Å². The molecule has 0 amide bonds. The second-order valence-corrected chi connectivity index (χ2v) is 7.25. The molecule has 1 saturated carbocycles. The Bertz CT molecular complexity index is 663. The molecule has 3 heterocycles. The summed E-state index contributed by atoms with van der Waals surface area (Å²) < 4.78 is 2.11. The molecule has 1 aliphatic carbocycles. The summed E-state index contributed by atoms with van der Waals surface area (Å²) in [6, 6.07) is 5.23. The molecule has 5 nitrogen and oxygen atoms in total. The Morgan fingerprint density at radius 3 is 2.48 bits per heavy atom. The van der Waals surface area contributed by atoms with Crippen molar-refractivity contribution in [3.05, 3.63) is 29.8 Å². The monoisotopic (exact) mass is 313 g/mol. The molecule has 1 saturated heterocycles. The zero-order valence-electron chi connectivity index (χ0n) is 14.3. The van der Waals surface area contributed by atoms with Crippen molar-refractivity contribution >= 4 is 5.52 Å². The van der Waals surface area contributed by atoms with E-state index in [0.717, 1.165) is 17.3 Å². The van der Waals surface area contributed by atoms with E-state index in [9.17, 15) is 0 Å². The first-order valence-electron chi connectivity index (χ1n) is 8.94. The van der Waals surface area contributed by atoms with Crippen molar-refractivity contribution in [1.29, 1.82) is 0 Å². The van der Waals surface area contributed by atoms with Gasteiger partial charge in [0.05, 0.1) is 11.2 Å². The van der Waals surface area contributed by atoms with Gasteiger partial charge in [0, 0.05) is 43.8 Å². The number of hydrogen-bond acceptors (Lipinski definition) is 4. The fraction of sp³-hybridized carbons (Fsp3) is 0.667. The van der Waals surface area contributed by atoms with E-state index in [2.05, 4.69) is 50.5 Å². The van der Waals surface area contributed by atoms with Crippen LogP contribution in [0.3, 0.4) is 0 Å². The molecule has 5 heteroatoms. The summed E-state index contributed by atoms with van der Waals surface area (Å²) in [5.74, 6) is 0.649. The maximum absolute atomic E-state index is 4.48. The molecule has 23 heavy (non-hydrogen) atoms. The van der Waals surface area contributed by atoms with Crippen LogP contribution in [-0.4, -0.2) is 63.7 Å². The lowest BCUT2D eigenvalue weighted by Gasteiger charge is -2.41. The Kier molecular flexibility index (Phi) is 4.07. The van der Waals surface area contributed by atoms with Crippen molar-refractivity contribution in [3.63, 3.8) is 0 Å². The number of aryl methyl sites for hydroxylation is 1. The predicted octanol–water partition coefficient (Wildman–Crippen LogP) is 2.31. The molecule has 0 bridgehead atoms. The summed E-state index contributed by atoms with van der Waals surface area (Å²) in [7, 11) is 2.23. The first-order valence-corrected chi connectivity index (χ1v) is 8.94. The lowest BCUT2D eigenvalue weighted by atomic mass is 9.83. The highest BCUT2D eigenvalue weighted by molar-refractivity contribution is 5.52. The zero-order valence-corrected chi connectivity index (χ0v) is 14.3. The van der Waals surface area contributed by atoms with Crippen LogP contribution in [0.15, 0.2) is 18.5 Å². The highest BCUT2D eigenvalue weighted by atomic mass is 15.3. The number of aromatic nitrogens is 3. The minimum absolute atomic E-state index is 0.649. The fourth-order valence-electron chi connectivity index (χ4n) is 4.31. The van der Waals surface area contributed by atoms with Crippen molar-refractivity contribution in [3.8, 4) is 0 Å². The van der Waals surface area contributed by atoms with Crippen LogP contribution in [0.5, 0.6) is 0 Å². The highest BCUT2D eigenvalue weighted by Crippen LogP contribution is 2.35. The van der Waals surface area contributed by atoms with Crippen molar-refractivity contribution < 1.29 is 0 Å². The minimum Gasteiger partial charge on any atom is -0.304 e. The average molecular weight is 313 g/mol. The maximum Gasteiger partial charge on any atom is 0.136 e. The van der Waals surface area contributed by atoms with Gasteiger partial charge in [0.1, 0.15) is 6.33 Å². The molecule has 0 spiro atoms. The normalized spacial score (nSPS) is 27.6. The summed E-state index contributed by atoms with van der Waals surface area (Å²) in [6.07, 6.45) is 6.90. The third kappa shape index (κ3) is 2.88. The smallest absolute Gasteiger partial charge is 0.136 e. The molecule has 0 atom stereocenters. The van der Waals surface area contributed by atoms with Crippen LogP contribution in [0, 0.1) is 6.92 Å². The molecule has 2 aromatic heterocycles. The van der Waals surface area contributed by atoms with Crippen LogP contribution in [0.2, 0.25) is 0 Å². The van der Waals surface area contributed by atoms with Gasteiger partial charge in [-0.25, -0.2) is 9.50 Å². The number of piperazine rings is 1. The number of hydrogen-bond donors (Lipinski definition) is 0. The molecule has 2 aliphatic rings. The second-order valence-electron chi connectivity index (χ2n) is 7.25. The van der Waals surface area contributed by atoms with Gasteiger partial charge in [0.15, 0.2) is 0 Å². The first-order chi connectivity index (χ1) is 11.2. The summed E-state index contributed by atoms with van der Waals surface area (Å²) in [5, 5.41) is 4.48. The molecule has 2 fully saturated rings. The van der Waals surface area contributed by atoms with Crippen LogP contribution < -0.4 is 0 Å². The first kappa shape index (κ1) is 15.1. The van der Waals surface area contributed by atoms with E-state index in [0.29, 0.717) is 5.92 Å². The van der Waals surface area contributed by atoms with Crippen LogP contribution in [0.4, 0.5) is 0 Å². The Hall–Kier alpha value is -1.46. The fourth-order valence-corrected chi connectivity index (χ4v) is 4.31. The van der Waals surface area contributed by atoms with E-state index >= 15 is 0 Å². The molecule has 2 aromatic rings. The van der Waals surface area contributed by atoms with Crippen LogP contribution in [0.25, 0.3) is 5.52 Å². The summed E-state index contributed by atoms with van der Waals surface area (Å²) >= 11 is 0. The van der Waals surface area contributed by atoms with Crippen molar-refractivity contribution in [2.24, 2.45) is 0 Å². The molecule has 0 aromatic carbocycles. The molecular formula is C18H27N5. The molecule has 124 valence electrons. The Morgan fingerprint density at radius 1 is 1.00 bits per heavy atom. The summed E-state index contributed by atoms with van der Waals surface area (Å²) in [6.45, 7) is 6.99. The SMILES string of the molecule is Cc1ncnn2c(C3CCC(N4CCN(C)CC4)CC3)ccc12. The minimum atomic E-state index is 0.649. The zero-order chi connectivity index (χ0) is 15.8. The Labute approximate surface area is 138 Å². The maximum atomic E-state index is 4.48. The molecule has 0 radical (unpaired) electrons. The lowest BCUT2D eigenvalue weighted by Crippen LogP contribution is -2.49. The quantitative estimate of drug-likeness (QED) is 0.852. The number of fused-ring (bicyclic) bond motifs is 1. The topological polar surface area (TPSA) is 36.7 Å². The third-order valence-electron chi connectivity index (χ3n) is 5.84. The molecule has 0 N–H and O–H groups in total. The van der Waals surface area contributed by atoms with E-state index in [1.165, 1.54) is 57.6 Å². The molecular weight excluding hydrogens is 286 g/mol. The average Bonchev–Trinajstić information content (AvgIpc) is 3.01. The number of nitrogens with zero attached hydrogens (tertiary/aromatic N) is 5. The van der Waals surface area contributed by atoms with Gasteiger partial charge in [0.2, 0.25) is 0 Å². The van der Waals surface area contributed by atoms with Crippen molar-refractivity contribution in [1.82, 2.24) is 24.4 Å². The van der Waals surface area contributed by atoms with Gasteiger partial charge in [-0.05, 0) is 51.8 Å². The van der Waals surface area contributed by atoms with Crippen LogP contribution in [-0.2, 0) is 0 Å². The van der Waals surface area contributed by atoms with Gasteiger partial charge in [-0.2, -0.15) is 5.10 Å². The second kappa shape index (κ2) is 6.21. The standard InChI is InChI=1S/C18H27N5/c1-14-17-7-8-18(23(17)20-13-19-14)15-3-5-16(6-4-15)22-11-9-21(2)10-12-22/h7-8,13,15-16H,3-6,9-12H2,1-2H3. The van der Waals surface area contributed by atoms with E-state index in [1.807, 2.05) is 0 Å². The van der Waals surface area contributed by atoms with E-state index in [4.69, 9.17) is 0 Å². The van der Waals surface area contributed by atoms with Gasteiger partial charge in [-0.15, -0.1) is 0 Å². The third-order valence-corrected chi connectivity index (χ3v) is 5.84. The van der Waals surface area contributed by atoms with E-state index < -0.39 is 0 Å². The van der Waals surface area contributed by atoms with Gasteiger partial charge in [-0.3, -0.25) is 4.90 Å². The van der Waals surface area contributed by atoms with Crippen LogP contribution in [0.1, 0.15) is 43.0 Å². The van der Waals surface area contributed by atoms with Gasteiger partial charge in [0.25, 0.3) is 0 Å². The van der Waals surface area contributed by atoms with Crippen molar-refractivity contribution in [2.45, 2.75) is 44.6 Å². The van der Waals surface area contributed by atoms with E-state index in [1.54, 1.807) is 6.33 Å². The molecule has 0 unspecified atom stereocenters. The largest absolute Gasteiger partial charge is 0.304 e. The van der Waals surface area contributed by atoms with Gasteiger partial charge >= 0.3 is 0 Å². The van der Waals surface area contributed by atoms with E-state index in [-0.39, 0.29) is 0 Å². The van der Waals surface area contributed by atoms with Gasteiger partial charge in [-0.1, -0.05) is 0 Å². The van der Waals surface area contributed by atoms with Gasteiger partial charge < -0.3 is 4.90 Å². The highest BCUT2D eigenvalue weighted by Gasteiger charge is 2.29. The number of likely N-dealkylation sites (N-methyl/N-ethyl adjacent to an activating group) is 1. The molecule has 4 rings (SSSR count). The summed E-state index contributed by atoms with van der Waals surface area (Å²) in [5.41, 5.74) is 3.60. The lowest BCUT2D eigenvalue weighted by molar-refractivity contribution is 0.0874. The Balaban J connectivity index is 1.44. The number of rotatable bonds is 2. The summed E-state index contributed by atoms with van der Waals surface area (Å²) in [4.78, 5) is 9.46.